The monoisotopic (exact) mass is 232 g/mol. The second-order valence-corrected chi connectivity index (χ2v) is 3.76. The molecule has 0 radical (unpaired) electrons. The van der Waals surface area contributed by atoms with Crippen molar-refractivity contribution in [3.63, 3.8) is 0 Å². The maximum absolute atomic E-state index is 9.08. The van der Waals surface area contributed by atoms with Crippen LogP contribution in [0, 0.1) is 0 Å². The minimum absolute atomic E-state index is 0.407. The van der Waals surface area contributed by atoms with Crippen molar-refractivity contribution < 1.29 is 14.6 Å². The average molecular weight is 232 g/mol. The smallest absolute Gasteiger partial charge is 0.423 e. The number of aryl methyl sites for hydroxylation is 1. The largest absolute Gasteiger partial charge is 0.488 e. The first-order valence-corrected chi connectivity index (χ1v) is 5.49. The van der Waals surface area contributed by atoms with E-state index in [1.165, 1.54) is 0 Å². The molecule has 0 atom stereocenters. The van der Waals surface area contributed by atoms with Gasteiger partial charge in [0.1, 0.15) is 0 Å². The quantitative estimate of drug-likeness (QED) is 0.744. The Morgan fingerprint density at radius 3 is 2.88 bits per heavy atom. The summed E-state index contributed by atoms with van der Waals surface area (Å²) in [6.45, 7) is 2.03. The Balaban J connectivity index is 2.28. The first-order valence-electron chi connectivity index (χ1n) is 5.49. The fourth-order valence-corrected chi connectivity index (χ4v) is 1.53. The number of rotatable bonds is 4. The van der Waals surface area contributed by atoms with Crippen LogP contribution >= 0.6 is 0 Å². The van der Waals surface area contributed by atoms with E-state index in [4.69, 9.17) is 14.6 Å². The van der Waals surface area contributed by atoms with Gasteiger partial charge in [0.2, 0.25) is 11.7 Å². The van der Waals surface area contributed by atoms with Crippen LogP contribution in [0.15, 0.2) is 28.8 Å². The van der Waals surface area contributed by atoms with Gasteiger partial charge in [0.05, 0.1) is 0 Å². The minimum atomic E-state index is -1.49. The summed E-state index contributed by atoms with van der Waals surface area (Å²) < 4.78 is 5.07. The van der Waals surface area contributed by atoms with E-state index in [9.17, 15) is 0 Å². The van der Waals surface area contributed by atoms with Crippen LogP contribution in [0.2, 0.25) is 0 Å². The fourth-order valence-electron chi connectivity index (χ4n) is 1.53. The summed E-state index contributed by atoms with van der Waals surface area (Å²) in [4.78, 5) is 4.23. The molecule has 0 unspecified atom stereocenters. The highest BCUT2D eigenvalue weighted by Crippen LogP contribution is 2.14. The molecular formula is C11H13BN2O3. The molecule has 0 saturated carbocycles. The summed E-state index contributed by atoms with van der Waals surface area (Å²) in [7, 11) is -1.49. The van der Waals surface area contributed by atoms with E-state index in [2.05, 4.69) is 10.1 Å². The molecule has 6 heteroatoms. The molecule has 2 N–H and O–H groups in total. The van der Waals surface area contributed by atoms with E-state index in [0.717, 1.165) is 12.8 Å². The van der Waals surface area contributed by atoms with Crippen molar-refractivity contribution in [3.8, 4) is 11.4 Å². The first-order chi connectivity index (χ1) is 8.20. The molecule has 88 valence electrons. The van der Waals surface area contributed by atoms with Gasteiger partial charge in [-0.3, -0.25) is 0 Å². The van der Waals surface area contributed by atoms with Crippen LogP contribution in [0.4, 0.5) is 0 Å². The third kappa shape index (κ3) is 2.72. The predicted molar refractivity (Wildman–Crippen MR) is 63.6 cm³/mol. The van der Waals surface area contributed by atoms with Gasteiger partial charge in [-0.05, 0) is 11.9 Å². The zero-order valence-corrected chi connectivity index (χ0v) is 9.50. The standard InChI is InChI=1S/C11H13BN2O3/c1-2-4-10-13-11(14-17-10)8-5-3-6-9(7-8)12(15)16/h3,5-7,15-16H,2,4H2,1H3. The van der Waals surface area contributed by atoms with Crippen molar-refractivity contribution in [2.24, 2.45) is 0 Å². The van der Waals surface area contributed by atoms with Crippen LogP contribution in [-0.4, -0.2) is 27.3 Å². The zero-order valence-electron chi connectivity index (χ0n) is 9.50. The molecule has 0 aliphatic rings. The minimum Gasteiger partial charge on any atom is -0.423 e. The van der Waals surface area contributed by atoms with Crippen LogP contribution in [0.25, 0.3) is 11.4 Å². The van der Waals surface area contributed by atoms with Crippen molar-refractivity contribution in [3.05, 3.63) is 30.2 Å². The Morgan fingerprint density at radius 1 is 1.35 bits per heavy atom. The second-order valence-electron chi connectivity index (χ2n) is 3.76. The second kappa shape index (κ2) is 5.12. The molecule has 5 nitrogen and oxygen atoms in total. The predicted octanol–water partition coefficient (Wildman–Crippen LogP) is 0.369. The summed E-state index contributed by atoms with van der Waals surface area (Å²) in [6, 6.07) is 6.78. The number of hydrogen-bond acceptors (Lipinski definition) is 5. The maximum atomic E-state index is 9.08. The summed E-state index contributed by atoms with van der Waals surface area (Å²) in [5.41, 5.74) is 1.12. The number of hydrogen-bond donors (Lipinski definition) is 2. The molecule has 1 aromatic carbocycles. The van der Waals surface area contributed by atoms with Gasteiger partial charge in [0, 0.05) is 12.0 Å². The van der Waals surface area contributed by atoms with Crippen molar-refractivity contribution in [2.45, 2.75) is 19.8 Å². The van der Waals surface area contributed by atoms with E-state index in [-0.39, 0.29) is 0 Å². The van der Waals surface area contributed by atoms with E-state index < -0.39 is 7.12 Å². The Kier molecular flexibility index (Phi) is 3.56. The molecule has 0 spiro atoms. The number of aromatic nitrogens is 2. The molecule has 2 aromatic rings. The zero-order chi connectivity index (χ0) is 12.3. The first kappa shape index (κ1) is 11.8. The van der Waals surface area contributed by atoms with Crippen LogP contribution in [-0.2, 0) is 6.42 Å². The maximum Gasteiger partial charge on any atom is 0.488 e. The third-order valence-corrected chi connectivity index (χ3v) is 2.37. The average Bonchev–Trinajstić information content (AvgIpc) is 2.78. The molecule has 17 heavy (non-hydrogen) atoms. The lowest BCUT2D eigenvalue weighted by atomic mass is 9.79. The van der Waals surface area contributed by atoms with E-state index in [0.29, 0.717) is 22.7 Å². The molecule has 0 aliphatic heterocycles. The van der Waals surface area contributed by atoms with Gasteiger partial charge in [0.15, 0.2) is 0 Å². The molecule has 0 bridgehead atoms. The van der Waals surface area contributed by atoms with E-state index in [1.54, 1.807) is 24.3 Å². The Bertz CT molecular complexity index is 499. The molecule has 1 aromatic heterocycles. The SMILES string of the molecule is CCCc1nc(-c2cccc(B(O)O)c2)no1. The van der Waals surface area contributed by atoms with Crippen LogP contribution in [0.5, 0.6) is 0 Å². The molecule has 1 heterocycles. The summed E-state index contributed by atoms with van der Waals surface area (Å²) >= 11 is 0. The molecule has 0 aliphatic carbocycles. The highest BCUT2D eigenvalue weighted by molar-refractivity contribution is 6.58. The van der Waals surface area contributed by atoms with E-state index >= 15 is 0 Å². The van der Waals surface area contributed by atoms with Crippen molar-refractivity contribution in [1.82, 2.24) is 10.1 Å². The normalized spacial score (nSPS) is 10.5. The molecule has 0 saturated heterocycles. The molecule has 0 fully saturated rings. The van der Waals surface area contributed by atoms with Crippen molar-refractivity contribution in [2.75, 3.05) is 0 Å². The van der Waals surface area contributed by atoms with Gasteiger partial charge in [-0.1, -0.05) is 36.3 Å². The summed E-state index contributed by atoms with van der Waals surface area (Å²) in [6.07, 6.45) is 1.69. The van der Waals surface area contributed by atoms with Gasteiger partial charge >= 0.3 is 7.12 Å². The van der Waals surface area contributed by atoms with Gasteiger partial charge in [-0.15, -0.1) is 0 Å². The highest BCUT2D eigenvalue weighted by atomic mass is 16.5. The van der Waals surface area contributed by atoms with Crippen LogP contribution in [0.1, 0.15) is 19.2 Å². The van der Waals surface area contributed by atoms with Crippen LogP contribution in [0.3, 0.4) is 0 Å². The van der Waals surface area contributed by atoms with Gasteiger partial charge in [0.25, 0.3) is 0 Å². The fraction of sp³-hybridized carbons (Fsp3) is 0.273. The summed E-state index contributed by atoms with van der Waals surface area (Å²) in [5.74, 6) is 1.06. The van der Waals surface area contributed by atoms with Crippen molar-refractivity contribution in [1.29, 1.82) is 0 Å². The molecule has 0 amide bonds. The Labute approximate surface area is 99.2 Å². The lowest BCUT2D eigenvalue weighted by molar-refractivity contribution is 0.378. The van der Waals surface area contributed by atoms with E-state index in [1.807, 2.05) is 6.92 Å². The Morgan fingerprint density at radius 2 is 2.18 bits per heavy atom. The topological polar surface area (TPSA) is 79.4 Å². The summed E-state index contributed by atoms with van der Waals surface area (Å²) in [5, 5.41) is 22.0. The van der Waals surface area contributed by atoms with Gasteiger partial charge in [-0.2, -0.15) is 4.98 Å². The van der Waals surface area contributed by atoms with Gasteiger partial charge in [-0.25, -0.2) is 0 Å². The number of nitrogens with zero attached hydrogens (tertiary/aromatic N) is 2. The van der Waals surface area contributed by atoms with Crippen LogP contribution < -0.4 is 5.46 Å². The molecule has 2 rings (SSSR count). The third-order valence-electron chi connectivity index (χ3n) is 2.37. The lowest BCUT2D eigenvalue weighted by Crippen LogP contribution is -2.29. The van der Waals surface area contributed by atoms with Crippen molar-refractivity contribution >= 4 is 12.6 Å². The number of benzene rings is 1. The van der Waals surface area contributed by atoms with Gasteiger partial charge < -0.3 is 14.6 Å². The molecular weight excluding hydrogens is 219 g/mol. The highest BCUT2D eigenvalue weighted by Gasteiger charge is 2.13. The Hall–Kier alpha value is -1.66. The lowest BCUT2D eigenvalue weighted by Gasteiger charge is -2.00.